The summed E-state index contributed by atoms with van der Waals surface area (Å²) in [5.74, 6) is 1.76. The summed E-state index contributed by atoms with van der Waals surface area (Å²) in [5.41, 5.74) is 3.50. The lowest BCUT2D eigenvalue weighted by Crippen LogP contribution is -2.47. The summed E-state index contributed by atoms with van der Waals surface area (Å²) in [5, 5.41) is 13.0. The predicted octanol–water partition coefficient (Wildman–Crippen LogP) is 4.17. The number of piperazine rings is 1. The second-order valence-electron chi connectivity index (χ2n) is 9.27. The number of unbranched alkanes of at least 4 members (excludes halogenated alkanes) is 1. The molecule has 10 nitrogen and oxygen atoms in total. The topological polar surface area (TPSA) is 124 Å². The number of Topliss-reactive ketones (excluding diaryl/α,β-unsaturated/α-hetero) is 1. The minimum atomic E-state index is -0.342. The van der Waals surface area contributed by atoms with Gasteiger partial charge in [0, 0.05) is 50.1 Å². The Labute approximate surface area is 231 Å². The molecule has 1 aliphatic heterocycles. The maximum Gasteiger partial charge on any atom is 0.243 e. The van der Waals surface area contributed by atoms with E-state index >= 15 is 0 Å². The van der Waals surface area contributed by atoms with Crippen molar-refractivity contribution in [2.75, 3.05) is 42.9 Å². The SMILES string of the molecule is Cc1nc(Nc2ncc(C(=O)Cc3c(C)cccc3Cl)s2)cc(N2CCN(CCCCC(=O)NO)CC2)n1. The number of aryl methyl sites for hydroxylation is 2. The number of rotatable bonds is 11. The zero-order valence-electron chi connectivity index (χ0n) is 21.5. The Morgan fingerprint density at radius 2 is 1.92 bits per heavy atom. The number of hydrogen-bond acceptors (Lipinski definition) is 10. The van der Waals surface area contributed by atoms with Crippen LogP contribution in [-0.2, 0) is 11.2 Å². The first-order chi connectivity index (χ1) is 18.3. The van der Waals surface area contributed by atoms with Crippen LogP contribution in [0.1, 0.15) is 45.9 Å². The van der Waals surface area contributed by atoms with Crippen molar-refractivity contribution in [2.45, 2.75) is 39.5 Å². The van der Waals surface area contributed by atoms with E-state index in [1.807, 2.05) is 32.0 Å². The third kappa shape index (κ3) is 7.47. The highest BCUT2D eigenvalue weighted by molar-refractivity contribution is 7.17. The number of carbonyl (C=O) groups excluding carboxylic acids is 2. The van der Waals surface area contributed by atoms with Gasteiger partial charge in [0.15, 0.2) is 10.9 Å². The van der Waals surface area contributed by atoms with E-state index in [4.69, 9.17) is 16.8 Å². The van der Waals surface area contributed by atoms with Gasteiger partial charge in [0.25, 0.3) is 0 Å². The Morgan fingerprint density at radius 1 is 1.13 bits per heavy atom. The van der Waals surface area contributed by atoms with Crippen LogP contribution in [0.2, 0.25) is 5.02 Å². The molecule has 0 atom stereocenters. The number of thiazole rings is 1. The van der Waals surface area contributed by atoms with Crippen LogP contribution in [-0.4, -0.2) is 69.5 Å². The molecule has 0 unspecified atom stereocenters. The number of aromatic nitrogens is 3. The first-order valence-electron chi connectivity index (χ1n) is 12.6. The van der Waals surface area contributed by atoms with Crippen molar-refractivity contribution in [1.29, 1.82) is 0 Å². The van der Waals surface area contributed by atoms with Crippen LogP contribution in [0.4, 0.5) is 16.8 Å². The molecule has 3 heterocycles. The molecule has 0 spiro atoms. The molecule has 1 amide bonds. The molecule has 4 rings (SSSR count). The van der Waals surface area contributed by atoms with Crippen molar-refractivity contribution in [1.82, 2.24) is 25.3 Å². The first kappa shape index (κ1) is 27.9. The Balaban J connectivity index is 1.32. The van der Waals surface area contributed by atoms with Gasteiger partial charge < -0.3 is 10.2 Å². The number of ketones is 1. The standard InChI is InChI=1S/C26H32ClN7O3S/c1-17-6-5-7-20(27)19(17)14-21(35)22-16-28-26(38-22)31-23-15-24(30-18(2)29-23)34-12-10-33(11-13-34)9-4-3-8-25(36)32-37/h5-7,15-16,37H,3-4,8-14H2,1-2H3,(H,32,36)(H,28,29,30,31). The molecule has 0 saturated carbocycles. The van der Waals surface area contributed by atoms with Crippen LogP contribution >= 0.6 is 22.9 Å². The quantitative estimate of drug-likeness (QED) is 0.138. The fourth-order valence-corrected chi connectivity index (χ4v) is 5.41. The molecule has 1 aromatic carbocycles. The Hall–Kier alpha value is -3.12. The number of benzene rings is 1. The van der Waals surface area contributed by atoms with Gasteiger partial charge in [0.2, 0.25) is 5.91 Å². The van der Waals surface area contributed by atoms with Crippen LogP contribution < -0.4 is 15.7 Å². The Morgan fingerprint density at radius 3 is 2.66 bits per heavy atom. The van der Waals surface area contributed by atoms with Gasteiger partial charge in [-0.2, -0.15) is 0 Å². The monoisotopic (exact) mass is 557 g/mol. The maximum absolute atomic E-state index is 12.9. The van der Waals surface area contributed by atoms with Gasteiger partial charge in [-0.1, -0.05) is 35.1 Å². The number of anilines is 3. The number of halogens is 1. The summed E-state index contributed by atoms with van der Waals surface area (Å²) >= 11 is 7.59. The van der Waals surface area contributed by atoms with E-state index in [0.29, 0.717) is 33.1 Å². The number of carbonyl (C=O) groups is 2. The van der Waals surface area contributed by atoms with Crippen LogP contribution in [0.15, 0.2) is 30.5 Å². The molecule has 1 saturated heterocycles. The number of hydrogen-bond donors (Lipinski definition) is 3. The van der Waals surface area contributed by atoms with E-state index in [2.05, 4.69) is 30.1 Å². The highest BCUT2D eigenvalue weighted by atomic mass is 35.5. The zero-order chi connectivity index (χ0) is 27.1. The molecule has 0 aliphatic carbocycles. The van der Waals surface area contributed by atoms with Gasteiger partial charge in [0.05, 0.1) is 11.1 Å². The molecule has 2 aromatic heterocycles. The average molecular weight is 558 g/mol. The maximum atomic E-state index is 12.9. The minimum absolute atomic E-state index is 0.0270. The smallest absolute Gasteiger partial charge is 0.243 e. The first-order valence-corrected chi connectivity index (χ1v) is 13.8. The van der Waals surface area contributed by atoms with Gasteiger partial charge >= 0.3 is 0 Å². The summed E-state index contributed by atoms with van der Waals surface area (Å²) in [6, 6.07) is 7.54. The summed E-state index contributed by atoms with van der Waals surface area (Å²) < 4.78 is 0. The summed E-state index contributed by atoms with van der Waals surface area (Å²) in [7, 11) is 0. The third-order valence-corrected chi connectivity index (χ3v) is 7.79. The average Bonchev–Trinajstić information content (AvgIpc) is 3.37. The van der Waals surface area contributed by atoms with Gasteiger partial charge in [-0.25, -0.2) is 20.4 Å². The van der Waals surface area contributed by atoms with Crippen molar-refractivity contribution in [2.24, 2.45) is 0 Å². The summed E-state index contributed by atoms with van der Waals surface area (Å²) in [6.07, 6.45) is 3.81. The van der Waals surface area contributed by atoms with Crippen LogP contribution in [0, 0.1) is 13.8 Å². The number of hydroxylamine groups is 1. The predicted molar refractivity (Wildman–Crippen MR) is 149 cm³/mol. The number of nitrogens with zero attached hydrogens (tertiary/aromatic N) is 5. The summed E-state index contributed by atoms with van der Waals surface area (Å²) in [6.45, 7) is 8.21. The second-order valence-corrected chi connectivity index (χ2v) is 10.7. The minimum Gasteiger partial charge on any atom is -0.354 e. The third-order valence-electron chi connectivity index (χ3n) is 6.48. The molecule has 1 aliphatic rings. The molecule has 202 valence electrons. The van der Waals surface area contributed by atoms with Crippen LogP contribution in [0.25, 0.3) is 0 Å². The van der Waals surface area contributed by atoms with Crippen molar-refractivity contribution in [3.8, 4) is 0 Å². The second kappa shape index (κ2) is 13.1. The molecular weight excluding hydrogens is 526 g/mol. The van der Waals surface area contributed by atoms with E-state index in [1.165, 1.54) is 11.3 Å². The van der Waals surface area contributed by atoms with E-state index in [1.54, 1.807) is 17.7 Å². The molecule has 12 heteroatoms. The molecule has 1 fully saturated rings. The van der Waals surface area contributed by atoms with Crippen molar-refractivity contribution in [3.05, 3.63) is 57.3 Å². The number of amides is 1. The van der Waals surface area contributed by atoms with Crippen molar-refractivity contribution < 1.29 is 14.8 Å². The molecule has 38 heavy (non-hydrogen) atoms. The van der Waals surface area contributed by atoms with Gasteiger partial charge in [0.1, 0.15) is 17.5 Å². The largest absolute Gasteiger partial charge is 0.354 e. The van der Waals surface area contributed by atoms with Crippen LogP contribution in [0.5, 0.6) is 0 Å². The van der Waals surface area contributed by atoms with E-state index in [-0.39, 0.29) is 18.1 Å². The highest BCUT2D eigenvalue weighted by Crippen LogP contribution is 2.27. The molecule has 0 bridgehead atoms. The fourth-order valence-electron chi connectivity index (χ4n) is 4.36. The molecule has 0 radical (unpaired) electrons. The molecular formula is C26H32ClN7O3S. The van der Waals surface area contributed by atoms with Crippen molar-refractivity contribution >= 4 is 51.4 Å². The Kier molecular flexibility index (Phi) is 9.62. The van der Waals surface area contributed by atoms with Gasteiger partial charge in [-0.05, 0) is 50.4 Å². The van der Waals surface area contributed by atoms with E-state index < -0.39 is 0 Å². The van der Waals surface area contributed by atoms with Crippen LogP contribution in [0.3, 0.4) is 0 Å². The van der Waals surface area contributed by atoms with E-state index in [9.17, 15) is 9.59 Å². The molecule has 3 N–H and O–H groups in total. The van der Waals surface area contributed by atoms with Gasteiger partial charge in [-0.3, -0.25) is 19.7 Å². The van der Waals surface area contributed by atoms with Gasteiger partial charge in [-0.15, -0.1) is 0 Å². The lowest BCUT2D eigenvalue weighted by atomic mass is 10.0. The fraction of sp³-hybridized carbons (Fsp3) is 0.423. The highest BCUT2D eigenvalue weighted by Gasteiger charge is 2.20. The van der Waals surface area contributed by atoms with E-state index in [0.717, 1.165) is 62.5 Å². The zero-order valence-corrected chi connectivity index (χ0v) is 23.1. The van der Waals surface area contributed by atoms with Crippen molar-refractivity contribution in [3.63, 3.8) is 0 Å². The summed E-state index contributed by atoms with van der Waals surface area (Å²) in [4.78, 5) is 42.7. The number of nitrogens with one attached hydrogen (secondary N) is 2. The molecule has 3 aromatic rings. The lowest BCUT2D eigenvalue weighted by molar-refractivity contribution is -0.129. The lowest BCUT2D eigenvalue weighted by Gasteiger charge is -2.35. The normalized spacial score (nSPS) is 13.9. The Bertz CT molecular complexity index is 1260.